The predicted molar refractivity (Wildman–Crippen MR) is 49.2 cm³/mol. The van der Waals surface area contributed by atoms with Crippen LogP contribution in [-0.2, 0) is 90.6 Å². The first-order valence-corrected chi connectivity index (χ1v) is 4.98. The largest absolute Gasteiger partial charge is 0.480 e. The SMILES string of the molecule is C[C-]1CNC(C(=O)O)C2CCCC12.[Re].[Y].[Y]. The van der Waals surface area contributed by atoms with Crippen molar-refractivity contribution in [1.82, 2.24) is 5.32 Å². The van der Waals surface area contributed by atoms with E-state index in [2.05, 4.69) is 12.2 Å². The van der Waals surface area contributed by atoms with Crippen molar-refractivity contribution < 1.29 is 95.7 Å². The van der Waals surface area contributed by atoms with Gasteiger partial charge in [-0.3, -0.25) is 10.7 Å². The molecule has 0 spiro atoms. The van der Waals surface area contributed by atoms with Crippen molar-refractivity contribution in [3.05, 3.63) is 5.92 Å². The molecule has 16 heavy (non-hydrogen) atoms. The monoisotopic (exact) mass is 547 g/mol. The van der Waals surface area contributed by atoms with Gasteiger partial charge in [0.25, 0.3) is 0 Å². The van der Waals surface area contributed by atoms with E-state index in [0.29, 0.717) is 11.8 Å². The molecule has 3 nitrogen and oxygen atoms in total. The summed E-state index contributed by atoms with van der Waals surface area (Å²) in [7, 11) is 0. The summed E-state index contributed by atoms with van der Waals surface area (Å²) >= 11 is 0. The summed E-state index contributed by atoms with van der Waals surface area (Å²) in [5.41, 5.74) is 0. The molecule has 1 aliphatic carbocycles. The molecule has 3 unspecified atom stereocenters. The first-order chi connectivity index (χ1) is 6.20. The van der Waals surface area contributed by atoms with E-state index in [1.807, 2.05) is 0 Å². The van der Waals surface area contributed by atoms with E-state index in [1.165, 1.54) is 18.8 Å². The van der Waals surface area contributed by atoms with Gasteiger partial charge in [-0.2, -0.15) is 12.8 Å². The van der Waals surface area contributed by atoms with Gasteiger partial charge in [-0.05, 0) is 5.92 Å². The zero-order chi connectivity index (χ0) is 9.42. The molecule has 0 amide bonds. The van der Waals surface area contributed by atoms with Crippen molar-refractivity contribution in [2.24, 2.45) is 11.8 Å². The second-order valence-corrected chi connectivity index (χ2v) is 4.24. The van der Waals surface area contributed by atoms with Crippen LogP contribution in [0.25, 0.3) is 0 Å². The van der Waals surface area contributed by atoms with Gasteiger partial charge in [-0.1, -0.05) is 19.3 Å². The Morgan fingerprint density at radius 2 is 2.00 bits per heavy atom. The molecular formula is C10H16NO2ReY2-. The van der Waals surface area contributed by atoms with Crippen molar-refractivity contribution >= 4 is 5.97 Å². The van der Waals surface area contributed by atoms with Gasteiger partial charge in [0.2, 0.25) is 0 Å². The maximum absolute atomic E-state index is 10.9. The second kappa shape index (κ2) is 9.24. The Morgan fingerprint density at radius 3 is 2.56 bits per heavy atom. The molecule has 2 N–H and O–H groups in total. The number of rotatable bonds is 1. The van der Waals surface area contributed by atoms with Crippen LogP contribution in [0.15, 0.2) is 0 Å². The van der Waals surface area contributed by atoms with Crippen molar-refractivity contribution in [2.45, 2.75) is 32.2 Å². The van der Waals surface area contributed by atoms with Crippen LogP contribution in [0.4, 0.5) is 0 Å². The minimum atomic E-state index is -0.676. The van der Waals surface area contributed by atoms with E-state index in [9.17, 15) is 4.79 Å². The van der Waals surface area contributed by atoms with E-state index in [1.54, 1.807) is 0 Å². The van der Waals surface area contributed by atoms with E-state index >= 15 is 0 Å². The number of hydrogen-bond acceptors (Lipinski definition) is 2. The summed E-state index contributed by atoms with van der Waals surface area (Å²) in [6.07, 6.45) is 3.46. The maximum Gasteiger partial charge on any atom is 0.320 e. The quantitative estimate of drug-likeness (QED) is 0.484. The van der Waals surface area contributed by atoms with Crippen LogP contribution in [0.2, 0.25) is 0 Å². The molecule has 0 aromatic rings. The smallest absolute Gasteiger partial charge is 0.320 e. The number of fused-ring (bicyclic) bond motifs is 1. The van der Waals surface area contributed by atoms with Crippen LogP contribution in [0.1, 0.15) is 26.2 Å². The number of nitrogens with one attached hydrogen (secondary N) is 1. The molecular weight excluding hydrogens is 530 g/mol. The van der Waals surface area contributed by atoms with Crippen LogP contribution in [-0.4, -0.2) is 23.7 Å². The third kappa shape index (κ3) is 4.44. The fourth-order valence-corrected chi connectivity index (χ4v) is 2.82. The zero-order valence-corrected chi connectivity index (χ0v) is 17.8. The van der Waals surface area contributed by atoms with Crippen LogP contribution < -0.4 is 5.32 Å². The van der Waals surface area contributed by atoms with Crippen molar-refractivity contribution in [3.63, 3.8) is 0 Å². The van der Waals surface area contributed by atoms with Gasteiger partial charge in [0.15, 0.2) is 0 Å². The first kappa shape index (κ1) is 20.6. The molecule has 0 aromatic heterocycles. The summed E-state index contributed by atoms with van der Waals surface area (Å²) < 4.78 is 0. The summed E-state index contributed by atoms with van der Waals surface area (Å²) in [6.45, 7) is 2.94. The minimum absolute atomic E-state index is 0. The van der Waals surface area contributed by atoms with E-state index in [-0.39, 0.29) is 91.9 Å². The average Bonchev–Trinajstić information content (AvgIpc) is 2.53. The Morgan fingerprint density at radius 1 is 1.38 bits per heavy atom. The Balaban J connectivity index is 0. The molecule has 3 atom stereocenters. The number of piperidine rings is 1. The predicted octanol–water partition coefficient (Wildman–Crippen LogP) is 1.05. The van der Waals surface area contributed by atoms with Crippen LogP contribution in [0, 0.1) is 17.8 Å². The van der Waals surface area contributed by atoms with Crippen molar-refractivity contribution in [1.29, 1.82) is 0 Å². The standard InChI is InChI=1S/C10H16NO2.Re.2Y/c1-6-5-11-9(10(12)13)8-4-2-3-7(6)8;;;/h7-9,11H,2-5H2,1H3,(H,12,13);;;/q-1;;;. The molecule has 6 heteroatoms. The van der Waals surface area contributed by atoms with Gasteiger partial charge in [0, 0.05) is 85.8 Å². The Bertz CT molecular complexity index is 231. The summed E-state index contributed by atoms with van der Waals surface area (Å²) in [6, 6.07) is -0.295. The number of aliphatic carboxylic acids is 1. The molecule has 2 rings (SSSR count). The normalized spacial score (nSPS) is 32.7. The Labute approximate surface area is 161 Å². The van der Waals surface area contributed by atoms with Gasteiger partial charge in [-0.15, -0.1) is 6.54 Å². The molecule has 87 valence electrons. The zero-order valence-electron chi connectivity index (χ0n) is 9.45. The van der Waals surface area contributed by atoms with Crippen molar-refractivity contribution in [3.8, 4) is 0 Å². The molecule has 0 aromatic carbocycles. The molecule has 1 saturated carbocycles. The number of carboxylic acids is 1. The molecule has 3 radical (unpaired) electrons. The molecule has 2 fully saturated rings. The minimum Gasteiger partial charge on any atom is -0.480 e. The molecule has 2 aliphatic rings. The van der Waals surface area contributed by atoms with E-state index in [0.717, 1.165) is 13.0 Å². The average molecular weight is 546 g/mol. The van der Waals surface area contributed by atoms with Crippen LogP contribution in [0.3, 0.4) is 0 Å². The third-order valence-corrected chi connectivity index (χ3v) is 3.50. The maximum atomic E-state index is 10.9. The van der Waals surface area contributed by atoms with Crippen molar-refractivity contribution in [2.75, 3.05) is 6.54 Å². The van der Waals surface area contributed by atoms with Crippen LogP contribution >= 0.6 is 0 Å². The number of carbonyl (C=O) groups is 1. The van der Waals surface area contributed by atoms with E-state index < -0.39 is 5.97 Å². The summed E-state index contributed by atoms with van der Waals surface area (Å²) in [5, 5.41) is 12.1. The molecule has 1 saturated heterocycles. The number of hydrogen-bond donors (Lipinski definition) is 2. The van der Waals surface area contributed by atoms with Crippen LogP contribution in [0.5, 0.6) is 0 Å². The molecule has 0 bridgehead atoms. The second-order valence-electron chi connectivity index (χ2n) is 4.24. The fourth-order valence-electron chi connectivity index (χ4n) is 2.82. The Kier molecular flexibility index (Phi) is 11.9. The Hall–Kier alpha value is 2.30. The topological polar surface area (TPSA) is 49.3 Å². The fraction of sp³-hybridized carbons (Fsp3) is 0.800. The molecule has 1 aliphatic heterocycles. The number of carboxylic acid groups (broad SMARTS) is 1. The molecule has 1 heterocycles. The van der Waals surface area contributed by atoms with Gasteiger partial charge < -0.3 is 10.4 Å². The van der Waals surface area contributed by atoms with E-state index in [4.69, 9.17) is 5.11 Å². The third-order valence-electron chi connectivity index (χ3n) is 3.50. The summed E-state index contributed by atoms with van der Waals surface area (Å²) in [4.78, 5) is 10.9. The van der Waals surface area contributed by atoms with Gasteiger partial charge in [-0.25, -0.2) is 0 Å². The van der Waals surface area contributed by atoms with Gasteiger partial charge in [0.1, 0.15) is 6.04 Å². The van der Waals surface area contributed by atoms with Gasteiger partial charge in [0.05, 0.1) is 0 Å². The summed E-state index contributed by atoms with van der Waals surface area (Å²) in [5.74, 6) is 1.69. The first-order valence-electron chi connectivity index (χ1n) is 4.98. The van der Waals surface area contributed by atoms with Gasteiger partial charge >= 0.3 is 5.97 Å².